The standard InChI is InChI=1S/C17H25ClN2O4S/c18-11-4-12-25(22,23)20-16-9-7-15(8-10-16)19-17(21)24-13-14-5-2-1-3-6-14/h1-3,5-6,15-16,20H,4,7-13H2,(H,19,21). The molecule has 0 atom stereocenters. The van der Waals surface area contributed by atoms with E-state index >= 15 is 0 Å². The monoisotopic (exact) mass is 388 g/mol. The molecule has 1 fully saturated rings. The highest BCUT2D eigenvalue weighted by atomic mass is 35.5. The summed E-state index contributed by atoms with van der Waals surface area (Å²) in [6, 6.07) is 9.44. The molecule has 1 amide bonds. The van der Waals surface area contributed by atoms with Gasteiger partial charge in [-0.1, -0.05) is 30.3 Å². The highest BCUT2D eigenvalue weighted by molar-refractivity contribution is 7.89. The van der Waals surface area contributed by atoms with Gasteiger partial charge in [0.25, 0.3) is 0 Å². The zero-order valence-electron chi connectivity index (χ0n) is 14.1. The third kappa shape index (κ3) is 7.63. The van der Waals surface area contributed by atoms with Crippen molar-refractivity contribution < 1.29 is 17.9 Å². The van der Waals surface area contributed by atoms with Gasteiger partial charge in [-0.15, -0.1) is 11.6 Å². The first kappa shape index (κ1) is 20.0. The second-order valence-corrected chi connectivity index (χ2v) is 8.49. The molecule has 0 spiro atoms. The van der Waals surface area contributed by atoms with Gasteiger partial charge < -0.3 is 10.1 Å². The molecule has 2 N–H and O–H groups in total. The fourth-order valence-electron chi connectivity index (χ4n) is 2.84. The van der Waals surface area contributed by atoms with Gasteiger partial charge in [-0.05, 0) is 37.7 Å². The van der Waals surface area contributed by atoms with Crippen LogP contribution in [0, 0.1) is 0 Å². The molecule has 140 valence electrons. The average molecular weight is 389 g/mol. The zero-order chi connectivity index (χ0) is 18.1. The quantitative estimate of drug-likeness (QED) is 0.670. The zero-order valence-corrected chi connectivity index (χ0v) is 15.7. The van der Waals surface area contributed by atoms with Gasteiger partial charge in [0.1, 0.15) is 6.61 Å². The number of sulfonamides is 1. The Morgan fingerprint density at radius 1 is 1.12 bits per heavy atom. The number of alkyl halides is 1. The summed E-state index contributed by atoms with van der Waals surface area (Å²) in [5.74, 6) is 0.392. The number of hydrogen-bond acceptors (Lipinski definition) is 4. The Kier molecular flexibility index (Phi) is 7.99. The number of benzene rings is 1. The van der Waals surface area contributed by atoms with E-state index in [2.05, 4.69) is 10.0 Å². The molecule has 1 aromatic carbocycles. The molecule has 1 saturated carbocycles. The Hall–Kier alpha value is -1.31. The van der Waals surface area contributed by atoms with E-state index in [1.807, 2.05) is 30.3 Å². The van der Waals surface area contributed by atoms with Crippen molar-refractivity contribution in [2.24, 2.45) is 0 Å². The summed E-state index contributed by atoms with van der Waals surface area (Å²) < 4.78 is 31.7. The smallest absolute Gasteiger partial charge is 0.407 e. The SMILES string of the molecule is O=C(NC1CCC(NS(=O)(=O)CCCCl)CC1)OCc1ccccc1. The molecule has 8 heteroatoms. The lowest BCUT2D eigenvalue weighted by Gasteiger charge is -2.29. The minimum absolute atomic E-state index is 0.0202. The molecular formula is C17H25ClN2O4S. The molecule has 1 aliphatic carbocycles. The summed E-state index contributed by atoms with van der Waals surface area (Å²) in [6.07, 6.45) is 2.86. The molecule has 1 aliphatic rings. The van der Waals surface area contributed by atoms with Crippen LogP contribution in [-0.2, 0) is 21.4 Å². The van der Waals surface area contributed by atoms with E-state index in [9.17, 15) is 13.2 Å². The van der Waals surface area contributed by atoms with Crippen molar-refractivity contribution in [2.75, 3.05) is 11.6 Å². The van der Waals surface area contributed by atoms with Crippen LogP contribution >= 0.6 is 11.6 Å². The predicted molar refractivity (Wildman–Crippen MR) is 98.1 cm³/mol. The summed E-state index contributed by atoms with van der Waals surface area (Å²) in [5.41, 5.74) is 0.938. The van der Waals surface area contributed by atoms with Gasteiger partial charge in [0.2, 0.25) is 10.0 Å². The van der Waals surface area contributed by atoms with Crippen LogP contribution in [0.2, 0.25) is 0 Å². The van der Waals surface area contributed by atoms with Crippen LogP contribution in [0.15, 0.2) is 30.3 Å². The van der Waals surface area contributed by atoms with Gasteiger partial charge in [-0.2, -0.15) is 0 Å². The van der Waals surface area contributed by atoms with Crippen LogP contribution in [0.4, 0.5) is 4.79 Å². The number of ether oxygens (including phenoxy) is 1. The van der Waals surface area contributed by atoms with E-state index in [-0.39, 0.29) is 24.4 Å². The first-order valence-electron chi connectivity index (χ1n) is 8.51. The molecular weight excluding hydrogens is 364 g/mol. The molecule has 0 heterocycles. The largest absolute Gasteiger partial charge is 0.445 e. The summed E-state index contributed by atoms with van der Waals surface area (Å²) in [5, 5.41) is 2.85. The number of hydrogen-bond donors (Lipinski definition) is 2. The summed E-state index contributed by atoms with van der Waals surface area (Å²) in [4.78, 5) is 11.9. The van der Waals surface area contributed by atoms with E-state index in [1.165, 1.54) is 0 Å². The number of halogens is 1. The summed E-state index contributed by atoms with van der Waals surface area (Å²) in [7, 11) is -3.27. The number of carbonyl (C=O) groups is 1. The number of carbonyl (C=O) groups excluding carboxylic acids is 1. The van der Waals surface area contributed by atoms with Crippen molar-refractivity contribution >= 4 is 27.7 Å². The first-order chi connectivity index (χ1) is 12.0. The number of rotatable bonds is 8. The average Bonchev–Trinajstić information content (AvgIpc) is 2.61. The van der Waals surface area contributed by atoms with Crippen LogP contribution in [-0.4, -0.2) is 38.2 Å². The lowest BCUT2D eigenvalue weighted by Crippen LogP contribution is -2.44. The van der Waals surface area contributed by atoms with E-state index in [4.69, 9.17) is 16.3 Å². The molecule has 0 bridgehead atoms. The van der Waals surface area contributed by atoms with Crippen molar-refractivity contribution in [2.45, 2.75) is 50.8 Å². The summed E-state index contributed by atoms with van der Waals surface area (Å²) in [6.45, 7) is 0.238. The number of nitrogens with one attached hydrogen (secondary N) is 2. The molecule has 2 rings (SSSR count). The number of amides is 1. The number of alkyl carbamates (subject to hydrolysis) is 1. The van der Waals surface area contributed by atoms with Crippen LogP contribution < -0.4 is 10.0 Å². The van der Waals surface area contributed by atoms with Crippen LogP contribution in [0.3, 0.4) is 0 Å². The van der Waals surface area contributed by atoms with E-state index in [1.54, 1.807) is 0 Å². The van der Waals surface area contributed by atoms with Gasteiger partial charge in [0.15, 0.2) is 0 Å². The Bertz CT molecular complexity index is 631. The molecule has 0 aromatic heterocycles. The Labute approximate surface area is 154 Å². The Morgan fingerprint density at radius 3 is 2.40 bits per heavy atom. The second kappa shape index (κ2) is 9.99. The first-order valence-corrected chi connectivity index (χ1v) is 10.7. The molecule has 0 unspecified atom stereocenters. The molecule has 0 radical (unpaired) electrons. The summed E-state index contributed by atoms with van der Waals surface area (Å²) >= 11 is 5.54. The Morgan fingerprint density at radius 2 is 1.76 bits per heavy atom. The lowest BCUT2D eigenvalue weighted by atomic mass is 9.92. The second-order valence-electron chi connectivity index (χ2n) is 6.23. The Balaban J connectivity index is 1.67. The fraction of sp³-hybridized carbons (Fsp3) is 0.588. The van der Waals surface area contributed by atoms with Gasteiger partial charge >= 0.3 is 6.09 Å². The third-order valence-corrected chi connectivity index (χ3v) is 5.94. The molecule has 25 heavy (non-hydrogen) atoms. The fourth-order valence-corrected chi connectivity index (χ4v) is 4.52. The lowest BCUT2D eigenvalue weighted by molar-refractivity contribution is 0.132. The van der Waals surface area contributed by atoms with E-state index < -0.39 is 16.1 Å². The molecule has 6 nitrogen and oxygen atoms in total. The van der Waals surface area contributed by atoms with Crippen LogP contribution in [0.25, 0.3) is 0 Å². The van der Waals surface area contributed by atoms with Crippen LogP contribution in [0.1, 0.15) is 37.7 Å². The topological polar surface area (TPSA) is 84.5 Å². The van der Waals surface area contributed by atoms with Crippen LogP contribution in [0.5, 0.6) is 0 Å². The minimum atomic E-state index is -3.27. The van der Waals surface area contributed by atoms with Crippen molar-refractivity contribution in [3.8, 4) is 0 Å². The van der Waals surface area contributed by atoms with Gasteiger partial charge in [0.05, 0.1) is 5.75 Å². The maximum atomic E-state index is 11.9. The van der Waals surface area contributed by atoms with Crippen molar-refractivity contribution in [1.82, 2.24) is 10.0 Å². The van der Waals surface area contributed by atoms with Crippen molar-refractivity contribution in [3.05, 3.63) is 35.9 Å². The van der Waals surface area contributed by atoms with Crippen molar-refractivity contribution in [3.63, 3.8) is 0 Å². The molecule has 1 aromatic rings. The third-order valence-electron chi connectivity index (χ3n) is 4.15. The van der Waals surface area contributed by atoms with E-state index in [0.29, 0.717) is 25.1 Å². The van der Waals surface area contributed by atoms with Gasteiger partial charge in [0, 0.05) is 18.0 Å². The predicted octanol–water partition coefficient (Wildman–Crippen LogP) is 2.77. The molecule has 0 saturated heterocycles. The van der Waals surface area contributed by atoms with E-state index in [0.717, 1.165) is 18.4 Å². The normalized spacial score (nSPS) is 20.8. The minimum Gasteiger partial charge on any atom is -0.445 e. The maximum absolute atomic E-state index is 11.9. The maximum Gasteiger partial charge on any atom is 0.407 e. The highest BCUT2D eigenvalue weighted by Gasteiger charge is 2.25. The molecule has 0 aliphatic heterocycles. The van der Waals surface area contributed by atoms with Gasteiger partial charge in [-0.25, -0.2) is 17.9 Å². The highest BCUT2D eigenvalue weighted by Crippen LogP contribution is 2.19. The van der Waals surface area contributed by atoms with Crippen molar-refractivity contribution in [1.29, 1.82) is 0 Å². The van der Waals surface area contributed by atoms with Gasteiger partial charge in [-0.3, -0.25) is 0 Å².